The van der Waals surface area contributed by atoms with E-state index < -0.39 is 0 Å². The summed E-state index contributed by atoms with van der Waals surface area (Å²) in [6.45, 7) is 1.56. The second-order valence-corrected chi connectivity index (χ2v) is 5.39. The lowest BCUT2D eigenvalue weighted by atomic mass is 10.1. The molecule has 0 atom stereocenters. The van der Waals surface area contributed by atoms with Gasteiger partial charge in [-0.05, 0) is 30.2 Å². The predicted molar refractivity (Wildman–Crippen MR) is 90.2 cm³/mol. The zero-order valence-corrected chi connectivity index (χ0v) is 13.1. The average Bonchev–Trinajstić information content (AvgIpc) is 2.46. The highest BCUT2D eigenvalue weighted by molar-refractivity contribution is 14.1. The molecular weight excluding hydrogens is 363 g/mol. The molecule has 0 saturated carbocycles. The number of ketones is 1. The minimum absolute atomic E-state index is 0.0398. The van der Waals surface area contributed by atoms with Gasteiger partial charge in [0.15, 0.2) is 5.78 Å². The summed E-state index contributed by atoms with van der Waals surface area (Å²) in [6, 6.07) is 14.9. The predicted octanol–water partition coefficient (Wildman–Crippen LogP) is 4.63. The smallest absolute Gasteiger partial charge is 0.222 e. The van der Waals surface area contributed by atoms with Gasteiger partial charge < -0.3 is 0 Å². The first-order valence-electron chi connectivity index (χ1n) is 6.15. The Morgan fingerprint density at radius 1 is 0.800 bits per heavy atom. The number of rotatable bonds is 4. The first kappa shape index (κ1) is 14.7. The monoisotopic (exact) mass is 376 g/mol. The van der Waals surface area contributed by atoms with Gasteiger partial charge in [0.25, 0.3) is 0 Å². The van der Waals surface area contributed by atoms with Crippen LogP contribution in [-0.2, 0) is 0 Å². The van der Waals surface area contributed by atoms with Gasteiger partial charge >= 0.3 is 0 Å². The molecular formula is C17H13IO2. The van der Waals surface area contributed by atoms with Crippen LogP contribution in [0.2, 0.25) is 0 Å². The van der Waals surface area contributed by atoms with Crippen molar-refractivity contribution in [1.29, 1.82) is 0 Å². The van der Waals surface area contributed by atoms with Gasteiger partial charge in [0, 0.05) is 33.7 Å². The molecule has 0 spiro atoms. The van der Waals surface area contributed by atoms with Crippen LogP contribution >= 0.6 is 22.6 Å². The Bertz CT molecular complexity index is 593. The Morgan fingerprint density at radius 3 is 1.55 bits per heavy atom. The molecule has 20 heavy (non-hydrogen) atoms. The molecule has 0 bridgehead atoms. The third-order valence-electron chi connectivity index (χ3n) is 2.92. The van der Waals surface area contributed by atoms with Crippen molar-refractivity contribution in [2.75, 3.05) is 0 Å². The summed E-state index contributed by atoms with van der Waals surface area (Å²) < 4.78 is 0.0398. The number of halogens is 1. The largest absolute Gasteiger partial charge is 0.295 e. The average molecular weight is 376 g/mol. The minimum Gasteiger partial charge on any atom is -0.295 e. The summed E-state index contributed by atoms with van der Waals surface area (Å²) in [5.74, 6) is 0.0691. The standard InChI is InChI=1S/C17H13IO2/c1-12(19)15-8-4-13(5-9-15)2-3-14-6-10-16(11-7-14)17(18)20/h2-11H,1H3/b3-2-. The van der Waals surface area contributed by atoms with E-state index in [0.717, 1.165) is 11.1 Å². The van der Waals surface area contributed by atoms with Gasteiger partial charge in [-0.1, -0.05) is 48.6 Å². The van der Waals surface area contributed by atoms with Gasteiger partial charge in [0.1, 0.15) is 0 Å². The molecule has 2 aromatic carbocycles. The summed E-state index contributed by atoms with van der Waals surface area (Å²) in [6.07, 6.45) is 3.95. The van der Waals surface area contributed by atoms with Crippen LogP contribution < -0.4 is 0 Å². The Labute approximate surface area is 131 Å². The number of Topliss-reactive ketones (excluding diaryl/α,β-unsaturated/α-hetero) is 1. The second-order valence-electron chi connectivity index (χ2n) is 4.41. The number of hydrogen-bond acceptors (Lipinski definition) is 2. The van der Waals surface area contributed by atoms with Gasteiger partial charge in [-0.25, -0.2) is 0 Å². The van der Waals surface area contributed by atoms with Crippen LogP contribution in [0.5, 0.6) is 0 Å². The molecule has 2 rings (SSSR count). The van der Waals surface area contributed by atoms with Crippen LogP contribution in [0.15, 0.2) is 48.5 Å². The first-order chi connectivity index (χ1) is 9.56. The van der Waals surface area contributed by atoms with Crippen molar-refractivity contribution in [2.24, 2.45) is 0 Å². The molecule has 2 nitrogen and oxygen atoms in total. The SMILES string of the molecule is CC(=O)c1ccc(/C=C\c2ccc(C(=O)I)cc2)cc1. The Balaban J connectivity index is 2.12. The van der Waals surface area contributed by atoms with E-state index in [1.807, 2.05) is 60.7 Å². The fourth-order valence-corrected chi connectivity index (χ4v) is 2.11. The maximum atomic E-state index is 11.2. The van der Waals surface area contributed by atoms with E-state index >= 15 is 0 Å². The molecule has 0 aliphatic carbocycles. The van der Waals surface area contributed by atoms with Crippen LogP contribution in [0.1, 0.15) is 38.8 Å². The highest BCUT2D eigenvalue weighted by Crippen LogP contribution is 2.12. The third-order valence-corrected chi connectivity index (χ3v) is 3.55. The van der Waals surface area contributed by atoms with E-state index in [2.05, 4.69) is 0 Å². The van der Waals surface area contributed by atoms with Gasteiger partial charge in [-0.2, -0.15) is 0 Å². The van der Waals surface area contributed by atoms with Crippen LogP contribution in [0, 0.1) is 0 Å². The lowest BCUT2D eigenvalue weighted by molar-refractivity contribution is 0.101. The van der Waals surface area contributed by atoms with Gasteiger partial charge in [-0.3, -0.25) is 9.59 Å². The molecule has 0 heterocycles. The van der Waals surface area contributed by atoms with E-state index in [-0.39, 0.29) is 9.57 Å². The Morgan fingerprint density at radius 2 is 1.20 bits per heavy atom. The van der Waals surface area contributed by atoms with Crippen LogP contribution in [0.3, 0.4) is 0 Å². The van der Waals surface area contributed by atoms with Crippen molar-refractivity contribution in [1.82, 2.24) is 0 Å². The lowest BCUT2D eigenvalue weighted by Gasteiger charge is -1.98. The van der Waals surface area contributed by atoms with E-state index in [4.69, 9.17) is 0 Å². The molecule has 0 fully saturated rings. The second kappa shape index (κ2) is 6.61. The van der Waals surface area contributed by atoms with E-state index in [0.29, 0.717) is 11.1 Å². The first-order valence-corrected chi connectivity index (χ1v) is 7.23. The molecule has 2 aromatic rings. The normalized spacial score (nSPS) is 10.7. The fraction of sp³-hybridized carbons (Fsp3) is 0.0588. The van der Waals surface area contributed by atoms with E-state index in [9.17, 15) is 9.59 Å². The van der Waals surface area contributed by atoms with Crippen LogP contribution in [0.25, 0.3) is 12.2 Å². The third kappa shape index (κ3) is 3.87. The van der Waals surface area contributed by atoms with Crippen molar-refractivity contribution in [2.45, 2.75) is 6.92 Å². The van der Waals surface area contributed by atoms with Crippen molar-refractivity contribution in [3.05, 3.63) is 70.8 Å². The summed E-state index contributed by atoms with van der Waals surface area (Å²) in [4.78, 5) is 22.3. The quantitative estimate of drug-likeness (QED) is 0.337. The maximum absolute atomic E-state index is 11.2. The topological polar surface area (TPSA) is 34.1 Å². The molecule has 0 aliphatic rings. The zero-order chi connectivity index (χ0) is 14.5. The molecule has 0 saturated heterocycles. The molecule has 0 amide bonds. The summed E-state index contributed by atoms with van der Waals surface area (Å²) in [7, 11) is 0. The van der Waals surface area contributed by atoms with Crippen LogP contribution in [-0.4, -0.2) is 9.57 Å². The maximum Gasteiger partial charge on any atom is 0.222 e. The van der Waals surface area contributed by atoms with Gasteiger partial charge in [0.2, 0.25) is 3.79 Å². The minimum atomic E-state index is 0.0398. The Hall–Kier alpha value is -1.75. The zero-order valence-electron chi connectivity index (χ0n) is 11.0. The fourth-order valence-electron chi connectivity index (χ4n) is 1.75. The number of benzene rings is 2. The van der Waals surface area contributed by atoms with Gasteiger partial charge in [-0.15, -0.1) is 0 Å². The molecule has 3 heteroatoms. The summed E-state index contributed by atoms with van der Waals surface area (Å²) in [5.41, 5.74) is 3.48. The van der Waals surface area contributed by atoms with Crippen molar-refractivity contribution in [3.63, 3.8) is 0 Å². The molecule has 100 valence electrons. The molecule has 0 radical (unpaired) electrons. The van der Waals surface area contributed by atoms with Crippen molar-refractivity contribution in [3.8, 4) is 0 Å². The number of carbonyl (C=O) groups excluding carboxylic acids is 2. The number of carbonyl (C=O) groups is 2. The molecule has 0 aliphatic heterocycles. The Kier molecular flexibility index (Phi) is 4.84. The van der Waals surface area contributed by atoms with Crippen molar-refractivity contribution >= 4 is 44.3 Å². The number of hydrogen-bond donors (Lipinski definition) is 0. The molecule has 0 aromatic heterocycles. The lowest BCUT2D eigenvalue weighted by Crippen LogP contribution is -1.90. The van der Waals surface area contributed by atoms with Gasteiger partial charge in [0.05, 0.1) is 0 Å². The van der Waals surface area contributed by atoms with Crippen molar-refractivity contribution < 1.29 is 9.59 Å². The van der Waals surface area contributed by atoms with E-state index in [1.165, 1.54) is 0 Å². The van der Waals surface area contributed by atoms with E-state index in [1.54, 1.807) is 29.5 Å². The highest BCUT2D eigenvalue weighted by atomic mass is 127. The molecule has 0 N–H and O–H groups in total. The highest BCUT2D eigenvalue weighted by Gasteiger charge is 1.99. The summed E-state index contributed by atoms with van der Waals surface area (Å²) in [5, 5.41) is 0. The van der Waals surface area contributed by atoms with Crippen LogP contribution in [0.4, 0.5) is 0 Å². The molecule has 0 unspecified atom stereocenters. The summed E-state index contributed by atoms with van der Waals surface area (Å²) >= 11 is 1.77.